The van der Waals surface area contributed by atoms with E-state index < -0.39 is 0 Å². The Bertz CT molecular complexity index is 1060. The molecule has 2 aromatic heterocycles. The van der Waals surface area contributed by atoms with Gasteiger partial charge < -0.3 is 13.9 Å². The van der Waals surface area contributed by atoms with Crippen LogP contribution in [0.4, 0.5) is 0 Å². The summed E-state index contributed by atoms with van der Waals surface area (Å²) in [5.41, 5.74) is 3.11. The molecular weight excluding hydrogens is 392 g/mol. The number of furan rings is 1. The number of pyridine rings is 1. The van der Waals surface area contributed by atoms with Crippen molar-refractivity contribution in [1.82, 2.24) is 9.88 Å². The number of halogens is 1. The molecule has 3 aromatic rings. The minimum Gasteiger partial charge on any atom is -0.486 e. The van der Waals surface area contributed by atoms with Crippen LogP contribution in [0.5, 0.6) is 11.5 Å². The van der Waals surface area contributed by atoms with Crippen molar-refractivity contribution in [2.24, 2.45) is 0 Å². The zero-order valence-corrected chi connectivity index (χ0v) is 17.1. The Morgan fingerprint density at radius 2 is 1.86 bits per heavy atom. The molecule has 0 radical (unpaired) electrons. The van der Waals surface area contributed by atoms with Crippen LogP contribution < -0.4 is 9.47 Å². The first kappa shape index (κ1) is 19.7. The highest BCUT2D eigenvalue weighted by Gasteiger charge is 2.22. The third-order valence-corrected chi connectivity index (χ3v) is 5.44. The molecule has 1 saturated heterocycles. The van der Waals surface area contributed by atoms with E-state index in [1.165, 1.54) is 12.8 Å². The molecule has 0 N–H and O–H groups in total. The van der Waals surface area contributed by atoms with Gasteiger partial charge in [-0.05, 0) is 62.7 Å². The van der Waals surface area contributed by atoms with Crippen molar-refractivity contribution in [3.05, 3.63) is 53.0 Å². The second-order valence-corrected chi connectivity index (χ2v) is 7.39. The summed E-state index contributed by atoms with van der Waals surface area (Å²) in [7, 11) is 0. The third-order valence-electron chi connectivity index (χ3n) is 5.44. The van der Waals surface area contributed by atoms with E-state index in [1.54, 1.807) is 18.2 Å². The molecule has 6 nitrogen and oxygen atoms in total. The summed E-state index contributed by atoms with van der Waals surface area (Å²) in [6, 6.07) is 7.10. The van der Waals surface area contributed by atoms with Crippen LogP contribution in [-0.4, -0.2) is 42.0 Å². The lowest BCUT2D eigenvalue weighted by molar-refractivity contribution is 0.101. The van der Waals surface area contributed by atoms with E-state index in [1.807, 2.05) is 19.2 Å². The molecule has 0 atom stereocenters. The molecule has 0 amide bonds. The SMILES string of the molecule is Cc1ncc(CN2CCCC2)c2cc(C(=O)c3ccc4c(c3)OCCO4)oc12.Cl. The molecule has 7 heteroatoms. The topological polar surface area (TPSA) is 64.8 Å². The highest BCUT2D eigenvalue weighted by atomic mass is 35.5. The minimum atomic E-state index is -0.167. The smallest absolute Gasteiger partial charge is 0.228 e. The van der Waals surface area contributed by atoms with Crippen molar-refractivity contribution < 1.29 is 18.7 Å². The van der Waals surface area contributed by atoms with Gasteiger partial charge in [-0.25, -0.2) is 0 Å². The van der Waals surface area contributed by atoms with Crippen LogP contribution >= 0.6 is 12.4 Å². The lowest BCUT2D eigenvalue weighted by atomic mass is 10.1. The van der Waals surface area contributed by atoms with Crippen LogP contribution in [0.2, 0.25) is 0 Å². The molecule has 1 fully saturated rings. The largest absolute Gasteiger partial charge is 0.486 e. The highest BCUT2D eigenvalue weighted by molar-refractivity contribution is 6.09. The Kier molecular flexibility index (Phi) is 5.48. The van der Waals surface area contributed by atoms with Crippen LogP contribution in [-0.2, 0) is 6.54 Å². The van der Waals surface area contributed by atoms with Crippen LogP contribution in [0.25, 0.3) is 11.0 Å². The maximum atomic E-state index is 13.0. The summed E-state index contributed by atoms with van der Waals surface area (Å²) in [5.74, 6) is 1.42. The number of aromatic nitrogens is 1. The molecule has 2 aliphatic heterocycles. The van der Waals surface area contributed by atoms with E-state index in [2.05, 4.69) is 9.88 Å². The number of ether oxygens (including phenoxy) is 2. The van der Waals surface area contributed by atoms with Crippen LogP contribution in [0.3, 0.4) is 0 Å². The lowest BCUT2D eigenvalue weighted by Gasteiger charge is -2.18. The Balaban J connectivity index is 0.00000205. The number of carbonyl (C=O) groups excluding carboxylic acids is 1. The highest BCUT2D eigenvalue weighted by Crippen LogP contribution is 2.33. The van der Waals surface area contributed by atoms with Gasteiger partial charge in [0.2, 0.25) is 5.78 Å². The number of likely N-dealkylation sites (tertiary alicyclic amines) is 1. The van der Waals surface area contributed by atoms with Crippen molar-refractivity contribution >= 4 is 29.2 Å². The summed E-state index contributed by atoms with van der Waals surface area (Å²) in [6.45, 7) is 5.97. The number of carbonyl (C=O) groups is 1. The molecular formula is C22H23ClN2O4. The minimum absolute atomic E-state index is 0. The van der Waals surface area contributed by atoms with E-state index in [-0.39, 0.29) is 18.2 Å². The number of ketones is 1. The second kappa shape index (κ2) is 8.05. The molecule has 0 unspecified atom stereocenters. The normalized spacial score (nSPS) is 16.0. The van der Waals surface area contributed by atoms with E-state index >= 15 is 0 Å². The maximum absolute atomic E-state index is 13.0. The predicted molar refractivity (Wildman–Crippen MR) is 111 cm³/mol. The number of aryl methyl sites for hydroxylation is 1. The summed E-state index contributed by atoms with van der Waals surface area (Å²) in [5, 5.41) is 0.972. The third kappa shape index (κ3) is 3.70. The van der Waals surface area contributed by atoms with Crippen LogP contribution in [0.1, 0.15) is 40.2 Å². The number of nitrogens with zero attached hydrogens (tertiary/aromatic N) is 2. The van der Waals surface area contributed by atoms with E-state index in [4.69, 9.17) is 13.9 Å². The van der Waals surface area contributed by atoms with Gasteiger partial charge in [-0.1, -0.05) is 0 Å². The number of benzene rings is 1. The Morgan fingerprint density at radius 3 is 2.66 bits per heavy atom. The van der Waals surface area contributed by atoms with E-state index in [0.29, 0.717) is 41.6 Å². The first-order valence-corrected chi connectivity index (χ1v) is 9.74. The Labute approximate surface area is 175 Å². The fourth-order valence-electron chi connectivity index (χ4n) is 3.95. The zero-order valence-electron chi connectivity index (χ0n) is 16.3. The first-order valence-electron chi connectivity index (χ1n) is 9.74. The van der Waals surface area contributed by atoms with Crippen molar-refractivity contribution in [1.29, 1.82) is 0 Å². The number of fused-ring (bicyclic) bond motifs is 2. The molecule has 4 heterocycles. The first-order chi connectivity index (χ1) is 13.7. The molecule has 0 spiro atoms. The van der Waals surface area contributed by atoms with E-state index in [9.17, 15) is 4.79 Å². The van der Waals surface area contributed by atoms with Crippen molar-refractivity contribution in [2.75, 3.05) is 26.3 Å². The monoisotopic (exact) mass is 414 g/mol. The fourth-order valence-corrected chi connectivity index (χ4v) is 3.95. The summed E-state index contributed by atoms with van der Waals surface area (Å²) in [6.07, 6.45) is 4.38. The molecule has 29 heavy (non-hydrogen) atoms. The maximum Gasteiger partial charge on any atom is 0.228 e. The number of rotatable bonds is 4. The number of hydrogen-bond donors (Lipinski definition) is 0. The second-order valence-electron chi connectivity index (χ2n) is 7.39. The molecule has 0 saturated carbocycles. The fraction of sp³-hybridized carbons (Fsp3) is 0.364. The lowest BCUT2D eigenvalue weighted by Crippen LogP contribution is -2.18. The van der Waals surface area contributed by atoms with Gasteiger partial charge in [0.05, 0.1) is 5.69 Å². The van der Waals surface area contributed by atoms with Gasteiger partial charge in [0.15, 0.2) is 22.8 Å². The zero-order chi connectivity index (χ0) is 19.1. The molecule has 152 valence electrons. The van der Waals surface area contributed by atoms with Crippen LogP contribution in [0.15, 0.2) is 34.9 Å². The van der Waals surface area contributed by atoms with Crippen molar-refractivity contribution in [2.45, 2.75) is 26.3 Å². The molecule has 0 bridgehead atoms. The van der Waals surface area contributed by atoms with Gasteiger partial charge >= 0.3 is 0 Å². The van der Waals surface area contributed by atoms with Crippen LogP contribution in [0, 0.1) is 6.92 Å². The Hall–Kier alpha value is -2.57. The molecule has 5 rings (SSSR count). The van der Waals surface area contributed by atoms with E-state index in [0.717, 1.165) is 36.3 Å². The van der Waals surface area contributed by atoms with Gasteiger partial charge in [0.25, 0.3) is 0 Å². The quantitative estimate of drug-likeness (QED) is 0.597. The summed E-state index contributed by atoms with van der Waals surface area (Å²) >= 11 is 0. The van der Waals surface area contributed by atoms with Gasteiger partial charge in [0, 0.05) is 23.7 Å². The number of hydrogen-bond acceptors (Lipinski definition) is 6. The van der Waals surface area contributed by atoms with Gasteiger partial charge in [-0.2, -0.15) is 0 Å². The van der Waals surface area contributed by atoms with Crippen molar-refractivity contribution in [3.63, 3.8) is 0 Å². The van der Waals surface area contributed by atoms with Gasteiger partial charge in [-0.15, -0.1) is 12.4 Å². The molecule has 1 aromatic carbocycles. The molecule has 0 aliphatic carbocycles. The Morgan fingerprint density at radius 1 is 1.10 bits per heavy atom. The van der Waals surface area contributed by atoms with Gasteiger partial charge in [0.1, 0.15) is 13.2 Å². The summed E-state index contributed by atoms with van der Waals surface area (Å²) < 4.78 is 17.1. The standard InChI is InChI=1S/C22H22N2O4.ClH/c1-14-22-17(16(12-23-14)13-24-6-2-3-7-24)11-20(28-22)21(25)15-4-5-18-19(10-15)27-9-8-26-18;/h4-5,10-12H,2-3,6-9,13H2,1H3;1H. The predicted octanol–water partition coefficient (Wildman–Crippen LogP) is 4.16. The average molecular weight is 415 g/mol. The average Bonchev–Trinajstić information content (AvgIpc) is 3.39. The molecule has 2 aliphatic rings. The van der Waals surface area contributed by atoms with Crippen molar-refractivity contribution in [3.8, 4) is 11.5 Å². The summed E-state index contributed by atoms with van der Waals surface area (Å²) in [4.78, 5) is 19.9. The van der Waals surface area contributed by atoms with Gasteiger partial charge in [-0.3, -0.25) is 14.7 Å².